The zero-order valence-electron chi connectivity index (χ0n) is 10.8. The molecule has 2 aliphatic rings. The number of halogens is 1. The van der Waals surface area contributed by atoms with Gasteiger partial charge in [-0.1, -0.05) is 25.4 Å². The van der Waals surface area contributed by atoms with Crippen molar-refractivity contribution in [3.63, 3.8) is 0 Å². The Balaban J connectivity index is 2.25. The summed E-state index contributed by atoms with van der Waals surface area (Å²) in [4.78, 5) is 14.6. The summed E-state index contributed by atoms with van der Waals surface area (Å²) < 4.78 is 11.0. The highest BCUT2D eigenvalue weighted by atomic mass is 35.5. The van der Waals surface area contributed by atoms with Crippen molar-refractivity contribution >= 4 is 17.7 Å². The fraction of sp³-hybridized carbons (Fsp3) is 0.500. The van der Waals surface area contributed by atoms with E-state index in [1.54, 1.807) is 6.08 Å². The lowest BCUT2D eigenvalue weighted by atomic mass is 9.90. The van der Waals surface area contributed by atoms with Gasteiger partial charge in [-0.15, -0.1) is 0 Å². The highest BCUT2D eigenvalue weighted by molar-refractivity contribution is 6.32. The van der Waals surface area contributed by atoms with Crippen molar-refractivity contribution < 1.29 is 14.3 Å². The Hall–Kier alpha value is -1.51. The molecule has 4 nitrogen and oxygen atoms in total. The second-order valence-corrected chi connectivity index (χ2v) is 5.68. The number of nitrogens with zero attached hydrogens (tertiary/aromatic N) is 1. The van der Waals surface area contributed by atoms with Gasteiger partial charge < -0.3 is 9.47 Å². The van der Waals surface area contributed by atoms with Gasteiger partial charge in [-0.05, 0) is 30.4 Å². The van der Waals surface area contributed by atoms with Crippen molar-refractivity contribution in [1.29, 1.82) is 0 Å². The average molecular weight is 280 g/mol. The van der Waals surface area contributed by atoms with Gasteiger partial charge in [0.15, 0.2) is 11.5 Å². The van der Waals surface area contributed by atoms with Crippen LogP contribution in [0.25, 0.3) is 0 Å². The van der Waals surface area contributed by atoms with E-state index in [2.05, 4.69) is 18.8 Å². The molecule has 0 radical (unpaired) electrons. The Labute approximate surface area is 116 Å². The molecule has 1 aromatic rings. The molecule has 0 bridgehead atoms. The van der Waals surface area contributed by atoms with E-state index in [1.807, 2.05) is 6.07 Å². The van der Waals surface area contributed by atoms with E-state index < -0.39 is 5.54 Å². The first-order valence-electron chi connectivity index (χ1n) is 6.30. The van der Waals surface area contributed by atoms with Crippen LogP contribution in [-0.4, -0.2) is 12.9 Å². The predicted molar refractivity (Wildman–Crippen MR) is 70.7 cm³/mol. The molecule has 0 N–H and O–H groups in total. The molecule has 3 rings (SSSR count). The van der Waals surface area contributed by atoms with Gasteiger partial charge in [-0.2, -0.15) is 4.99 Å². The number of rotatable bonds is 3. The highest BCUT2D eigenvalue weighted by Crippen LogP contribution is 2.56. The standard InChI is InChI=1S/C14H14ClNO3/c1-8(2)11-9(14(3-4-14)16-6-17)5-10(15)12-13(11)19-7-18-12/h5,8H,3-4,7H2,1-2H3. The maximum Gasteiger partial charge on any atom is 0.235 e. The fourth-order valence-corrected chi connectivity index (χ4v) is 2.90. The summed E-state index contributed by atoms with van der Waals surface area (Å²) in [5.41, 5.74) is 1.56. The smallest absolute Gasteiger partial charge is 0.235 e. The Kier molecular flexibility index (Phi) is 2.80. The van der Waals surface area contributed by atoms with Gasteiger partial charge in [-0.25, -0.2) is 4.79 Å². The van der Waals surface area contributed by atoms with Crippen LogP contribution in [-0.2, 0) is 10.3 Å². The number of fused-ring (bicyclic) bond motifs is 1. The summed E-state index contributed by atoms with van der Waals surface area (Å²) in [6.45, 7) is 4.34. The molecular weight excluding hydrogens is 266 g/mol. The molecule has 0 amide bonds. The minimum Gasteiger partial charge on any atom is -0.453 e. The van der Waals surface area contributed by atoms with Gasteiger partial charge in [0, 0.05) is 5.56 Å². The zero-order valence-corrected chi connectivity index (χ0v) is 11.6. The van der Waals surface area contributed by atoms with Crippen molar-refractivity contribution in [3.8, 4) is 11.5 Å². The quantitative estimate of drug-likeness (QED) is 0.628. The average Bonchev–Trinajstić information content (AvgIpc) is 2.97. The molecule has 0 unspecified atom stereocenters. The van der Waals surface area contributed by atoms with E-state index in [4.69, 9.17) is 21.1 Å². The van der Waals surface area contributed by atoms with Crippen LogP contribution >= 0.6 is 11.6 Å². The Morgan fingerprint density at radius 1 is 1.37 bits per heavy atom. The molecule has 1 aliphatic heterocycles. The van der Waals surface area contributed by atoms with Crippen LogP contribution in [0.2, 0.25) is 5.02 Å². The predicted octanol–water partition coefficient (Wildman–Crippen LogP) is 3.52. The van der Waals surface area contributed by atoms with Crippen LogP contribution in [0.5, 0.6) is 11.5 Å². The first-order valence-corrected chi connectivity index (χ1v) is 6.68. The van der Waals surface area contributed by atoms with Gasteiger partial charge in [-0.3, -0.25) is 0 Å². The van der Waals surface area contributed by atoms with Crippen molar-refractivity contribution in [2.75, 3.05) is 6.79 Å². The van der Waals surface area contributed by atoms with Gasteiger partial charge in [0.05, 0.1) is 10.6 Å². The summed E-state index contributed by atoms with van der Waals surface area (Å²) in [5, 5.41) is 0.513. The molecule has 1 fully saturated rings. The molecule has 1 heterocycles. The summed E-state index contributed by atoms with van der Waals surface area (Å²) >= 11 is 6.24. The summed E-state index contributed by atoms with van der Waals surface area (Å²) in [6, 6.07) is 1.86. The van der Waals surface area contributed by atoms with Gasteiger partial charge >= 0.3 is 0 Å². The number of isocyanates is 1. The third-order valence-electron chi connectivity index (χ3n) is 3.70. The molecule has 1 saturated carbocycles. The molecule has 1 aromatic carbocycles. The molecule has 100 valence electrons. The minimum absolute atomic E-state index is 0.183. The second kappa shape index (κ2) is 4.26. The SMILES string of the molecule is CC(C)c1c(C2(N=C=O)CC2)cc(Cl)c2c1OCO2. The fourth-order valence-electron chi connectivity index (χ4n) is 2.65. The van der Waals surface area contributed by atoms with Crippen LogP contribution in [0.4, 0.5) is 0 Å². The zero-order chi connectivity index (χ0) is 13.6. The number of hydrogen-bond donors (Lipinski definition) is 0. The van der Waals surface area contributed by atoms with Crippen molar-refractivity contribution in [2.45, 2.75) is 38.1 Å². The van der Waals surface area contributed by atoms with Crippen LogP contribution < -0.4 is 9.47 Å². The van der Waals surface area contributed by atoms with E-state index in [-0.39, 0.29) is 12.7 Å². The van der Waals surface area contributed by atoms with E-state index in [9.17, 15) is 4.79 Å². The van der Waals surface area contributed by atoms with Crippen molar-refractivity contribution in [3.05, 3.63) is 22.2 Å². The topological polar surface area (TPSA) is 47.9 Å². The molecule has 1 aliphatic carbocycles. The second-order valence-electron chi connectivity index (χ2n) is 5.27. The molecule has 19 heavy (non-hydrogen) atoms. The van der Waals surface area contributed by atoms with Crippen molar-refractivity contribution in [2.24, 2.45) is 4.99 Å². The lowest BCUT2D eigenvalue weighted by molar-refractivity contribution is 0.173. The van der Waals surface area contributed by atoms with E-state index in [0.29, 0.717) is 16.5 Å². The van der Waals surface area contributed by atoms with Gasteiger partial charge in [0.2, 0.25) is 12.9 Å². The summed E-state index contributed by atoms with van der Waals surface area (Å²) in [7, 11) is 0. The number of aliphatic imine (C=N–C) groups is 1. The van der Waals surface area contributed by atoms with Crippen molar-refractivity contribution in [1.82, 2.24) is 0 Å². The van der Waals surface area contributed by atoms with Crippen LogP contribution in [0.3, 0.4) is 0 Å². The monoisotopic (exact) mass is 279 g/mol. The number of carbonyl (C=O) groups excluding carboxylic acids is 1. The Morgan fingerprint density at radius 3 is 2.63 bits per heavy atom. The first kappa shape index (κ1) is 12.5. The van der Waals surface area contributed by atoms with Crippen LogP contribution in [0, 0.1) is 0 Å². The van der Waals surface area contributed by atoms with Gasteiger partial charge in [0.25, 0.3) is 0 Å². The van der Waals surface area contributed by atoms with E-state index >= 15 is 0 Å². The molecule has 0 saturated heterocycles. The number of hydrogen-bond acceptors (Lipinski definition) is 4. The van der Waals surface area contributed by atoms with Gasteiger partial charge in [0.1, 0.15) is 0 Å². The maximum absolute atomic E-state index is 10.7. The Bertz CT molecular complexity index is 587. The molecular formula is C14H14ClNO3. The van der Waals surface area contributed by atoms with Crippen LogP contribution in [0.15, 0.2) is 11.1 Å². The summed E-state index contributed by atoms with van der Waals surface area (Å²) in [6.07, 6.45) is 3.37. The lowest BCUT2D eigenvalue weighted by Crippen LogP contribution is -2.09. The largest absolute Gasteiger partial charge is 0.453 e. The normalized spacial score (nSPS) is 18.3. The molecule has 0 spiro atoms. The molecule has 0 atom stereocenters. The highest BCUT2D eigenvalue weighted by Gasteiger charge is 2.48. The van der Waals surface area contributed by atoms with E-state index in [0.717, 1.165) is 24.0 Å². The molecule has 0 aromatic heterocycles. The van der Waals surface area contributed by atoms with Crippen LogP contribution in [0.1, 0.15) is 43.7 Å². The maximum atomic E-state index is 10.7. The third-order valence-corrected chi connectivity index (χ3v) is 3.98. The number of ether oxygens (including phenoxy) is 2. The Morgan fingerprint density at radius 2 is 2.05 bits per heavy atom. The lowest BCUT2D eigenvalue weighted by Gasteiger charge is -2.20. The summed E-state index contributed by atoms with van der Waals surface area (Å²) in [5.74, 6) is 1.53. The number of benzene rings is 1. The minimum atomic E-state index is -0.452. The third kappa shape index (κ3) is 1.83. The molecule has 5 heteroatoms. The van der Waals surface area contributed by atoms with E-state index in [1.165, 1.54) is 0 Å². The first-order chi connectivity index (χ1) is 9.09.